The van der Waals surface area contributed by atoms with Gasteiger partial charge >= 0.3 is 0 Å². The molecule has 0 aromatic heterocycles. The Bertz CT molecular complexity index is 71.8. The molecule has 0 aliphatic rings. The first-order valence-electron chi connectivity index (χ1n) is 1.14. The molecule has 0 saturated heterocycles. The van der Waals surface area contributed by atoms with Crippen LogP contribution in [0.2, 0.25) is 0 Å². The standard InChI is InChI=1S/2H3NO2S.H3N/c2*1-4(2)3;/h2*1H2,(H,2,3);1H3/p-2. The maximum atomic E-state index is 8.78. The van der Waals surface area contributed by atoms with E-state index in [4.69, 9.17) is 17.5 Å². The van der Waals surface area contributed by atoms with Gasteiger partial charge in [0.2, 0.25) is 0 Å². The summed E-state index contributed by atoms with van der Waals surface area (Å²) in [7, 11) is 0. The summed E-state index contributed by atoms with van der Waals surface area (Å²) in [5, 5.41) is 8.06. The fourth-order valence-corrected chi connectivity index (χ4v) is 0. The summed E-state index contributed by atoms with van der Waals surface area (Å²) >= 11 is -4.72. The lowest BCUT2D eigenvalue weighted by Gasteiger charge is -1.85. The van der Waals surface area contributed by atoms with E-state index in [2.05, 4.69) is 10.3 Å². The summed E-state index contributed by atoms with van der Waals surface area (Å²) in [6.45, 7) is 0. The molecule has 0 aromatic rings. The summed E-state index contributed by atoms with van der Waals surface area (Å²) in [5.74, 6) is 0. The van der Waals surface area contributed by atoms with Crippen LogP contribution in [-0.2, 0) is 22.5 Å². The SMILES string of the molecule is N.NS(=O)[O-].NS(=O)[O-]. The molecule has 0 rings (SSSR count). The molecule has 0 spiro atoms. The van der Waals surface area contributed by atoms with Crippen LogP contribution in [0.15, 0.2) is 0 Å². The van der Waals surface area contributed by atoms with Gasteiger partial charge in [-0.15, -0.1) is 0 Å². The quantitative estimate of drug-likeness (QED) is 0.351. The third kappa shape index (κ3) is 30100. The Morgan fingerprint density at radius 1 is 1.00 bits per heavy atom. The summed E-state index contributed by atoms with van der Waals surface area (Å²) in [6.07, 6.45) is 0. The maximum Gasteiger partial charge on any atom is 0.0152 e. The Hall–Kier alpha value is 0.1000. The average Bonchev–Trinajstić information content (AvgIpc) is 1.25. The highest BCUT2D eigenvalue weighted by molar-refractivity contribution is 7.76. The molecule has 7 N–H and O–H groups in total. The molecule has 0 aliphatic heterocycles. The van der Waals surface area contributed by atoms with Crippen LogP contribution in [0.1, 0.15) is 0 Å². The molecule has 0 amide bonds. The Labute approximate surface area is 57.2 Å². The molecule has 7 nitrogen and oxygen atoms in total. The van der Waals surface area contributed by atoms with E-state index in [0.29, 0.717) is 0 Å². The normalized spacial score (nSPS) is 13.8. The van der Waals surface area contributed by atoms with Gasteiger partial charge in [-0.2, -0.15) is 0 Å². The maximum absolute atomic E-state index is 8.78. The molecule has 0 bridgehead atoms. The first-order chi connectivity index (χ1) is 3.46. The highest BCUT2D eigenvalue weighted by Gasteiger charge is 1.39. The van der Waals surface area contributed by atoms with Gasteiger partial charge in [-0.3, -0.25) is 18.7 Å². The van der Waals surface area contributed by atoms with Crippen molar-refractivity contribution in [1.29, 1.82) is 0 Å². The summed E-state index contributed by atoms with van der Waals surface area (Å²) in [4.78, 5) is 0. The highest BCUT2D eigenvalue weighted by Crippen LogP contribution is 1.33. The fourth-order valence-electron chi connectivity index (χ4n) is 0. The zero-order valence-corrected chi connectivity index (χ0v) is 5.94. The van der Waals surface area contributed by atoms with Crippen LogP contribution in [-0.4, -0.2) is 17.5 Å². The summed E-state index contributed by atoms with van der Waals surface area (Å²) < 4.78 is 35.1. The smallest absolute Gasteiger partial charge is 0.0152 e. The van der Waals surface area contributed by atoms with Gasteiger partial charge in [0.25, 0.3) is 0 Å². The minimum atomic E-state index is -2.36. The van der Waals surface area contributed by atoms with Crippen molar-refractivity contribution in [3.05, 3.63) is 0 Å². The molecule has 9 heteroatoms. The lowest BCUT2D eigenvalue weighted by molar-refractivity contribution is 0.537. The van der Waals surface area contributed by atoms with Gasteiger partial charge in [-0.25, -0.2) is 0 Å². The largest absolute Gasteiger partial charge is 0.760 e. The second-order valence-corrected chi connectivity index (χ2v) is 1.56. The van der Waals surface area contributed by atoms with Crippen molar-refractivity contribution in [2.45, 2.75) is 0 Å². The van der Waals surface area contributed by atoms with E-state index in [9.17, 15) is 0 Å². The highest BCUT2D eigenvalue weighted by atomic mass is 32.2. The van der Waals surface area contributed by atoms with Crippen LogP contribution in [0, 0.1) is 0 Å². The monoisotopic (exact) mass is 177 g/mol. The van der Waals surface area contributed by atoms with Gasteiger partial charge in [-0.1, -0.05) is 0 Å². The van der Waals surface area contributed by atoms with Crippen molar-refractivity contribution in [3.63, 3.8) is 0 Å². The molecule has 0 aliphatic carbocycles. The predicted octanol–water partition coefficient (Wildman–Crippen LogP) is -2.36. The second-order valence-electron chi connectivity index (χ2n) is 0.521. The topological polar surface area (TPSA) is 167 Å². The first kappa shape index (κ1) is 16.0. The molecular formula is H7N3O4S2-2. The number of hydrogen-bond donors (Lipinski definition) is 3. The zero-order valence-electron chi connectivity index (χ0n) is 4.31. The van der Waals surface area contributed by atoms with Gasteiger partial charge in [0.15, 0.2) is 0 Å². The molecule has 2 unspecified atom stereocenters. The fraction of sp³-hybridized carbons (Fsp3) is 0. The first-order valence-corrected chi connectivity index (χ1v) is 3.41. The molecule has 0 radical (unpaired) electrons. The number of nitrogens with two attached hydrogens (primary N) is 2. The van der Waals surface area contributed by atoms with E-state index in [1.807, 2.05) is 0 Å². The molecule has 0 aromatic carbocycles. The van der Waals surface area contributed by atoms with E-state index < -0.39 is 22.5 Å². The minimum Gasteiger partial charge on any atom is -0.760 e. The van der Waals surface area contributed by atoms with Crippen molar-refractivity contribution in [2.75, 3.05) is 0 Å². The van der Waals surface area contributed by atoms with Crippen molar-refractivity contribution >= 4 is 22.5 Å². The molecule has 9 heavy (non-hydrogen) atoms. The van der Waals surface area contributed by atoms with Gasteiger partial charge in [0.1, 0.15) is 0 Å². The van der Waals surface area contributed by atoms with E-state index in [1.54, 1.807) is 0 Å². The number of hydrogen-bond acceptors (Lipinski definition) is 5. The van der Waals surface area contributed by atoms with Crippen LogP contribution in [0.5, 0.6) is 0 Å². The Morgan fingerprint density at radius 3 is 1.00 bits per heavy atom. The number of rotatable bonds is 0. The molecule has 2 atom stereocenters. The molecule has 0 fully saturated rings. The van der Waals surface area contributed by atoms with Crippen LogP contribution in [0.25, 0.3) is 0 Å². The van der Waals surface area contributed by atoms with E-state index >= 15 is 0 Å². The zero-order chi connectivity index (χ0) is 7.15. The molecule has 0 saturated carbocycles. The van der Waals surface area contributed by atoms with Crippen molar-refractivity contribution in [1.82, 2.24) is 6.15 Å². The second kappa shape index (κ2) is 11.0. The third-order valence-electron chi connectivity index (χ3n) is 0. The van der Waals surface area contributed by atoms with Gasteiger partial charge < -0.3 is 15.3 Å². The van der Waals surface area contributed by atoms with E-state index in [-0.39, 0.29) is 6.15 Å². The summed E-state index contributed by atoms with van der Waals surface area (Å²) in [6, 6.07) is 0. The van der Waals surface area contributed by atoms with Crippen LogP contribution in [0.4, 0.5) is 0 Å². The Morgan fingerprint density at radius 2 is 1.00 bits per heavy atom. The lowest BCUT2D eigenvalue weighted by Crippen LogP contribution is -1.97. The van der Waals surface area contributed by atoms with Crippen molar-refractivity contribution in [2.24, 2.45) is 10.3 Å². The summed E-state index contributed by atoms with van der Waals surface area (Å²) in [5.41, 5.74) is 0. The molecule has 0 heterocycles. The van der Waals surface area contributed by atoms with Crippen LogP contribution < -0.4 is 16.4 Å². The third-order valence-corrected chi connectivity index (χ3v) is 0. The molecular weight excluding hydrogens is 170 g/mol. The van der Waals surface area contributed by atoms with Crippen molar-refractivity contribution in [3.8, 4) is 0 Å². The minimum absolute atomic E-state index is 0. The van der Waals surface area contributed by atoms with Crippen LogP contribution >= 0.6 is 0 Å². The molecule has 60 valence electrons. The van der Waals surface area contributed by atoms with Gasteiger partial charge in [-0.05, 0) is 0 Å². The average molecular weight is 177 g/mol. The van der Waals surface area contributed by atoms with Crippen LogP contribution in [0.3, 0.4) is 0 Å². The van der Waals surface area contributed by atoms with E-state index in [0.717, 1.165) is 0 Å². The lowest BCUT2D eigenvalue weighted by atomic mass is 13.9. The van der Waals surface area contributed by atoms with Gasteiger partial charge in [0.05, 0.1) is 0 Å². The van der Waals surface area contributed by atoms with Gasteiger partial charge in [0, 0.05) is 22.5 Å². The van der Waals surface area contributed by atoms with Crippen molar-refractivity contribution < 1.29 is 17.5 Å². The predicted molar refractivity (Wildman–Crippen MR) is 31.2 cm³/mol. The van der Waals surface area contributed by atoms with E-state index in [1.165, 1.54) is 0 Å². The Kier molecular flexibility index (Phi) is 19.6. The Balaban J connectivity index is -0.0000000720.